The number of fused-ring (bicyclic) bond motifs is 1. The smallest absolute Gasteiger partial charge is 0.380 e. The van der Waals surface area contributed by atoms with Gasteiger partial charge in [0.2, 0.25) is 0 Å². The molecule has 0 radical (unpaired) electrons. The van der Waals surface area contributed by atoms with Gasteiger partial charge in [0.15, 0.2) is 0 Å². The Morgan fingerprint density at radius 2 is 1.82 bits per heavy atom. The maximum atomic E-state index is 12.8. The van der Waals surface area contributed by atoms with Crippen LogP contribution < -0.4 is 5.32 Å². The molecule has 0 fully saturated rings. The lowest BCUT2D eigenvalue weighted by Gasteiger charge is -2.21. The van der Waals surface area contributed by atoms with E-state index in [9.17, 15) is 18.0 Å². The fourth-order valence-corrected chi connectivity index (χ4v) is 3.50. The number of rotatable bonds is 3. The van der Waals surface area contributed by atoms with Crippen molar-refractivity contribution in [3.63, 3.8) is 0 Å². The molecule has 2 aromatic rings. The fraction of sp³-hybridized carbons (Fsp3) is 0.300. The van der Waals surface area contributed by atoms with E-state index in [1.54, 1.807) is 24.3 Å². The molecule has 1 aliphatic heterocycles. The quantitative estimate of drug-likeness (QED) is 0.824. The molecule has 28 heavy (non-hydrogen) atoms. The molecule has 0 atom stereocenters. The number of carbonyl (C=O) groups excluding carboxylic acids is 1. The molecule has 1 amide bonds. The van der Waals surface area contributed by atoms with E-state index < -0.39 is 12.1 Å². The molecule has 0 unspecified atom stereocenters. The van der Waals surface area contributed by atoms with Crippen LogP contribution in [0, 0.1) is 11.3 Å². The highest BCUT2D eigenvalue weighted by Gasteiger charge is 2.42. The highest BCUT2D eigenvalue weighted by molar-refractivity contribution is 6.33. The van der Waals surface area contributed by atoms with Gasteiger partial charge in [-0.2, -0.15) is 18.4 Å². The minimum Gasteiger partial charge on any atom is -0.380 e. The first-order valence-corrected chi connectivity index (χ1v) is 9.06. The maximum absolute atomic E-state index is 12.8. The largest absolute Gasteiger partial charge is 0.471 e. The molecular weight excluding hydrogens is 391 g/mol. The van der Waals surface area contributed by atoms with Crippen LogP contribution in [0.1, 0.15) is 22.3 Å². The van der Waals surface area contributed by atoms with Crippen LogP contribution in [0.5, 0.6) is 0 Å². The first-order chi connectivity index (χ1) is 13.3. The van der Waals surface area contributed by atoms with E-state index in [4.69, 9.17) is 16.9 Å². The van der Waals surface area contributed by atoms with Crippen LogP contribution in [0.15, 0.2) is 36.4 Å². The third kappa shape index (κ3) is 4.39. The first kappa shape index (κ1) is 20.0. The van der Waals surface area contributed by atoms with Crippen LogP contribution in [0.3, 0.4) is 0 Å². The number of alkyl halides is 3. The Morgan fingerprint density at radius 1 is 1.14 bits per heavy atom. The van der Waals surface area contributed by atoms with Crippen LogP contribution in [-0.2, 0) is 24.2 Å². The van der Waals surface area contributed by atoms with Gasteiger partial charge in [-0.05, 0) is 47.7 Å². The van der Waals surface area contributed by atoms with Crippen LogP contribution >= 0.6 is 11.6 Å². The molecule has 1 N–H and O–H groups in total. The molecule has 8 heteroatoms. The van der Waals surface area contributed by atoms with Crippen LogP contribution in [-0.4, -0.2) is 30.1 Å². The lowest BCUT2D eigenvalue weighted by Crippen LogP contribution is -2.42. The second-order valence-electron chi connectivity index (χ2n) is 6.51. The molecule has 1 aliphatic rings. The Kier molecular flexibility index (Phi) is 5.80. The zero-order valence-corrected chi connectivity index (χ0v) is 15.6. The summed E-state index contributed by atoms with van der Waals surface area (Å²) < 4.78 is 38.3. The summed E-state index contributed by atoms with van der Waals surface area (Å²) in [7, 11) is 0. The van der Waals surface area contributed by atoms with Crippen molar-refractivity contribution in [1.29, 1.82) is 5.26 Å². The van der Waals surface area contributed by atoms with E-state index in [-0.39, 0.29) is 19.5 Å². The van der Waals surface area contributed by atoms with Crippen LogP contribution in [0.2, 0.25) is 5.02 Å². The van der Waals surface area contributed by atoms with Gasteiger partial charge in [-0.3, -0.25) is 4.79 Å². The summed E-state index contributed by atoms with van der Waals surface area (Å²) in [6.45, 7) is 0.451. The molecule has 3 rings (SSSR count). The van der Waals surface area contributed by atoms with Crippen molar-refractivity contribution >= 4 is 23.2 Å². The Balaban J connectivity index is 1.78. The molecule has 2 aromatic carbocycles. The first-order valence-electron chi connectivity index (χ1n) is 8.69. The number of nitrogens with one attached hydrogen (secondary N) is 1. The number of nitriles is 1. The topological polar surface area (TPSA) is 56.1 Å². The van der Waals surface area contributed by atoms with Crippen molar-refractivity contribution in [2.24, 2.45) is 0 Å². The summed E-state index contributed by atoms with van der Waals surface area (Å²) >= 11 is 6.33. The van der Waals surface area contributed by atoms with Crippen molar-refractivity contribution in [1.82, 2.24) is 4.90 Å². The minimum absolute atomic E-state index is 0.0159. The second kappa shape index (κ2) is 8.11. The molecular formula is C20H17ClF3N3O. The number of nitrogens with zero attached hydrogens (tertiary/aromatic N) is 2. The molecule has 4 nitrogen and oxygen atoms in total. The number of halogens is 4. The lowest BCUT2D eigenvalue weighted by molar-refractivity contribution is -0.185. The van der Waals surface area contributed by atoms with Gasteiger partial charge in [-0.15, -0.1) is 0 Å². The van der Waals surface area contributed by atoms with E-state index >= 15 is 0 Å². The lowest BCUT2D eigenvalue weighted by atomic mass is 10.0. The Hall–Kier alpha value is -2.72. The summed E-state index contributed by atoms with van der Waals surface area (Å²) in [6.07, 6.45) is -4.25. The number of benzene rings is 2. The van der Waals surface area contributed by atoms with Crippen molar-refractivity contribution in [2.45, 2.75) is 25.6 Å². The molecule has 0 spiro atoms. The number of amides is 1. The minimum atomic E-state index is -4.87. The van der Waals surface area contributed by atoms with Crippen molar-refractivity contribution in [3.05, 3.63) is 63.7 Å². The fourth-order valence-electron chi connectivity index (χ4n) is 3.26. The summed E-state index contributed by atoms with van der Waals surface area (Å²) in [4.78, 5) is 12.4. The van der Waals surface area contributed by atoms with E-state index in [1.807, 2.05) is 12.1 Å². The van der Waals surface area contributed by atoms with E-state index in [1.165, 1.54) is 0 Å². The third-order valence-corrected chi connectivity index (χ3v) is 5.04. The zero-order valence-electron chi connectivity index (χ0n) is 14.8. The molecule has 0 saturated heterocycles. The van der Waals surface area contributed by atoms with Gasteiger partial charge in [0.25, 0.3) is 0 Å². The molecule has 0 bridgehead atoms. The van der Waals surface area contributed by atoms with E-state index in [2.05, 4.69) is 11.4 Å². The van der Waals surface area contributed by atoms with Gasteiger partial charge in [-0.25, -0.2) is 0 Å². The van der Waals surface area contributed by atoms with Crippen LogP contribution in [0.4, 0.5) is 18.9 Å². The van der Waals surface area contributed by atoms with Gasteiger partial charge in [0.1, 0.15) is 0 Å². The van der Waals surface area contributed by atoms with E-state index in [0.717, 1.165) is 21.6 Å². The molecule has 0 aliphatic carbocycles. The SMILES string of the molecule is N#Cc1ccc(CNc2c(Cl)ccc3c2CCN(C(=O)C(F)(F)F)CC3)cc1. The number of anilines is 1. The number of carbonyl (C=O) groups is 1. The Morgan fingerprint density at radius 3 is 2.46 bits per heavy atom. The molecule has 0 aromatic heterocycles. The Labute approximate surface area is 165 Å². The van der Waals surface area contributed by atoms with Gasteiger partial charge in [0, 0.05) is 19.6 Å². The summed E-state index contributed by atoms with van der Waals surface area (Å²) in [6, 6.07) is 12.6. The highest BCUT2D eigenvalue weighted by Crippen LogP contribution is 2.32. The number of hydrogen-bond donors (Lipinski definition) is 1. The van der Waals surface area contributed by atoms with Gasteiger partial charge in [-0.1, -0.05) is 29.8 Å². The summed E-state index contributed by atoms with van der Waals surface area (Å²) in [5.41, 5.74) is 3.88. The average Bonchev–Trinajstić information content (AvgIpc) is 2.89. The predicted molar refractivity (Wildman–Crippen MR) is 100.0 cm³/mol. The van der Waals surface area contributed by atoms with Crippen molar-refractivity contribution < 1.29 is 18.0 Å². The third-order valence-electron chi connectivity index (χ3n) is 4.72. The van der Waals surface area contributed by atoms with Crippen molar-refractivity contribution in [3.8, 4) is 6.07 Å². The summed E-state index contributed by atoms with van der Waals surface area (Å²) in [5, 5.41) is 12.6. The second-order valence-corrected chi connectivity index (χ2v) is 6.92. The molecule has 0 saturated carbocycles. The number of hydrogen-bond acceptors (Lipinski definition) is 3. The maximum Gasteiger partial charge on any atom is 0.471 e. The monoisotopic (exact) mass is 407 g/mol. The highest BCUT2D eigenvalue weighted by atomic mass is 35.5. The zero-order chi connectivity index (χ0) is 20.3. The van der Waals surface area contributed by atoms with Gasteiger partial charge in [0.05, 0.1) is 22.3 Å². The Bertz CT molecular complexity index is 920. The normalized spacial score (nSPS) is 14.0. The van der Waals surface area contributed by atoms with Gasteiger partial charge >= 0.3 is 12.1 Å². The van der Waals surface area contributed by atoms with Gasteiger partial charge < -0.3 is 10.2 Å². The molecule has 146 valence electrons. The molecule has 1 heterocycles. The standard InChI is InChI=1S/C20H17ClF3N3O/c21-17-6-5-15-7-9-27(19(28)20(22,23)24)10-8-16(15)18(17)26-12-14-3-1-13(11-25)2-4-14/h1-6,26H,7-10,12H2. The predicted octanol–water partition coefficient (Wildman–Crippen LogP) is 4.31. The van der Waals surface area contributed by atoms with E-state index in [0.29, 0.717) is 29.2 Å². The van der Waals surface area contributed by atoms with Crippen molar-refractivity contribution in [2.75, 3.05) is 18.4 Å². The summed E-state index contributed by atoms with van der Waals surface area (Å²) in [5.74, 6) is -1.81. The average molecular weight is 408 g/mol. The van der Waals surface area contributed by atoms with Crippen LogP contribution in [0.25, 0.3) is 0 Å².